The van der Waals surface area contributed by atoms with Gasteiger partial charge in [0, 0.05) is 32.8 Å². The molecular formula is C15H17BrClNO2S. The van der Waals surface area contributed by atoms with Crippen LogP contribution in [0.1, 0.15) is 10.4 Å². The Balaban J connectivity index is 1.59. The molecule has 0 aliphatic heterocycles. The number of rotatable bonds is 8. The lowest BCUT2D eigenvalue weighted by atomic mass is 10.2. The van der Waals surface area contributed by atoms with Crippen molar-refractivity contribution in [2.75, 3.05) is 13.2 Å². The van der Waals surface area contributed by atoms with Gasteiger partial charge < -0.3 is 15.2 Å². The SMILES string of the molecule is OC(CNCc1cc(Br)cs1)COCc1ccc(Cl)cc1. The highest BCUT2D eigenvalue weighted by molar-refractivity contribution is 9.10. The predicted octanol–water partition coefficient (Wildman–Crippen LogP) is 3.83. The first-order valence-corrected chi connectivity index (χ1v) is 8.62. The highest BCUT2D eigenvalue weighted by Gasteiger charge is 2.05. The van der Waals surface area contributed by atoms with Gasteiger partial charge in [-0.05, 0) is 39.7 Å². The number of thiophene rings is 1. The average Bonchev–Trinajstić information content (AvgIpc) is 2.87. The van der Waals surface area contributed by atoms with E-state index >= 15 is 0 Å². The minimum absolute atomic E-state index is 0.309. The van der Waals surface area contributed by atoms with Crippen LogP contribution in [0.3, 0.4) is 0 Å². The van der Waals surface area contributed by atoms with Crippen molar-refractivity contribution in [3.63, 3.8) is 0 Å². The smallest absolute Gasteiger partial charge is 0.0897 e. The van der Waals surface area contributed by atoms with Gasteiger partial charge in [-0.1, -0.05) is 23.7 Å². The molecule has 1 atom stereocenters. The van der Waals surface area contributed by atoms with Crippen molar-refractivity contribution < 1.29 is 9.84 Å². The van der Waals surface area contributed by atoms with Crippen molar-refractivity contribution in [2.45, 2.75) is 19.3 Å². The molecule has 3 nitrogen and oxygen atoms in total. The van der Waals surface area contributed by atoms with Crippen LogP contribution in [0.15, 0.2) is 40.2 Å². The van der Waals surface area contributed by atoms with E-state index in [1.54, 1.807) is 11.3 Å². The van der Waals surface area contributed by atoms with Gasteiger partial charge in [0.05, 0.1) is 19.3 Å². The predicted molar refractivity (Wildman–Crippen MR) is 90.8 cm³/mol. The standard InChI is InChI=1S/C15H17BrClNO2S/c16-12-5-15(21-10-12)7-18-6-14(19)9-20-8-11-1-3-13(17)4-2-11/h1-5,10,14,18-19H,6-9H2. The first-order valence-electron chi connectivity index (χ1n) is 6.57. The van der Waals surface area contributed by atoms with Crippen LogP contribution in [0.2, 0.25) is 5.02 Å². The number of hydrogen-bond donors (Lipinski definition) is 2. The molecule has 2 N–H and O–H groups in total. The molecule has 0 aliphatic rings. The molecular weight excluding hydrogens is 374 g/mol. The summed E-state index contributed by atoms with van der Waals surface area (Å²) in [6.07, 6.45) is -0.513. The summed E-state index contributed by atoms with van der Waals surface area (Å²) in [6, 6.07) is 9.57. The second kappa shape index (κ2) is 8.88. The van der Waals surface area contributed by atoms with Crippen LogP contribution in [-0.4, -0.2) is 24.4 Å². The topological polar surface area (TPSA) is 41.5 Å². The monoisotopic (exact) mass is 389 g/mol. The fourth-order valence-corrected chi connectivity index (χ4v) is 3.31. The van der Waals surface area contributed by atoms with E-state index in [0.717, 1.165) is 16.6 Å². The minimum atomic E-state index is -0.513. The van der Waals surface area contributed by atoms with E-state index in [1.807, 2.05) is 29.6 Å². The molecule has 6 heteroatoms. The number of hydrogen-bond acceptors (Lipinski definition) is 4. The summed E-state index contributed by atoms with van der Waals surface area (Å²) < 4.78 is 6.58. The molecule has 0 saturated carbocycles. The summed E-state index contributed by atoms with van der Waals surface area (Å²) in [5, 5.41) is 15.8. The molecule has 0 aliphatic carbocycles. The van der Waals surface area contributed by atoms with Crippen LogP contribution < -0.4 is 5.32 Å². The van der Waals surface area contributed by atoms with Gasteiger partial charge in [0.1, 0.15) is 0 Å². The molecule has 2 rings (SSSR count). The van der Waals surface area contributed by atoms with Crippen LogP contribution in [-0.2, 0) is 17.9 Å². The summed E-state index contributed by atoms with van der Waals surface area (Å²) in [5.74, 6) is 0. The molecule has 0 radical (unpaired) electrons. The van der Waals surface area contributed by atoms with E-state index in [0.29, 0.717) is 24.8 Å². The number of nitrogens with one attached hydrogen (secondary N) is 1. The van der Waals surface area contributed by atoms with Gasteiger partial charge >= 0.3 is 0 Å². The lowest BCUT2D eigenvalue weighted by Crippen LogP contribution is -2.29. The maximum Gasteiger partial charge on any atom is 0.0897 e. The summed E-state index contributed by atoms with van der Waals surface area (Å²) in [4.78, 5) is 1.23. The highest BCUT2D eigenvalue weighted by Crippen LogP contribution is 2.19. The Labute approximate surface area is 142 Å². The van der Waals surface area contributed by atoms with Gasteiger partial charge in [-0.3, -0.25) is 0 Å². The molecule has 0 saturated heterocycles. The summed E-state index contributed by atoms with van der Waals surface area (Å²) in [5.41, 5.74) is 1.04. The third-order valence-corrected chi connectivity index (χ3v) is 4.74. The van der Waals surface area contributed by atoms with Crippen LogP contribution in [0.4, 0.5) is 0 Å². The molecule has 0 spiro atoms. The Kier molecular flexibility index (Phi) is 7.16. The number of aliphatic hydroxyl groups excluding tert-OH is 1. The lowest BCUT2D eigenvalue weighted by molar-refractivity contribution is 0.0288. The zero-order valence-corrected chi connectivity index (χ0v) is 14.5. The van der Waals surface area contributed by atoms with Crippen LogP contribution in [0.5, 0.6) is 0 Å². The highest BCUT2D eigenvalue weighted by atomic mass is 79.9. The Morgan fingerprint density at radius 2 is 2.10 bits per heavy atom. The van der Waals surface area contributed by atoms with Gasteiger partial charge in [0.15, 0.2) is 0 Å². The summed E-state index contributed by atoms with van der Waals surface area (Å²) in [6.45, 7) is 2.05. The molecule has 1 heterocycles. The zero-order valence-electron chi connectivity index (χ0n) is 11.4. The molecule has 1 aromatic carbocycles. The largest absolute Gasteiger partial charge is 0.389 e. The van der Waals surface area contributed by atoms with Gasteiger partial charge in [0.25, 0.3) is 0 Å². The zero-order chi connectivity index (χ0) is 15.1. The maximum atomic E-state index is 9.84. The van der Waals surface area contributed by atoms with Gasteiger partial charge in [0.2, 0.25) is 0 Å². The van der Waals surface area contributed by atoms with Crippen molar-refractivity contribution in [2.24, 2.45) is 0 Å². The van der Waals surface area contributed by atoms with Crippen LogP contribution in [0, 0.1) is 0 Å². The average molecular weight is 391 g/mol. The Morgan fingerprint density at radius 3 is 2.76 bits per heavy atom. The quantitative estimate of drug-likeness (QED) is 0.720. The van der Waals surface area contributed by atoms with Crippen molar-refractivity contribution in [1.29, 1.82) is 0 Å². The molecule has 21 heavy (non-hydrogen) atoms. The minimum Gasteiger partial charge on any atom is -0.389 e. The first-order chi connectivity index (χ1) is 10.1. The fourth-order valence-electron chi connectivity index (χ4n) is 1.76. The Hall–Kier alpha value is -0.430. The van der Waals surface area contributed by atoms with E-state index in [-0.39, 0.29) is 0 Å². The number of benzene rings is 1. The lowest BCUT2D eigenvalue weighted by Gasteiger charge is -2.12. The number of halogens is 2. The van der Waals surface area contributed by atoms with E-state index in [4.69, 9.17) is 16.3 Å². The molecule has 0 amide bonds. The maximum absolute atomic E-state index is 9.84. The second-order valence-corrected chi connectivity index (χ2v) is 7.01. The molecule has 1 unspecified atom stereocenters. The van der Waals surface area contributed by atoms with E-state index in [2.05, 4.69) is 27.3 Å². The third kappa shape index (κ3) is 6.46. The van der Waals surface area contributed by atoms with E-state index in [1.165, 1.54) is 4.88 Å². The van der Waals surface area contributed by atoms with Crippen molar-refractivity contribution >= 4 is 38.9 Å². The van der Waals surface area contributed by atoms with Crippen molar-refractivity contribution in [3.05, 3.63) is 55.6 Å². The van der Waals surface area contributed by atoms with Gasteiger partial charge in [-0.15, -0.1) is 11.3 Å². The van der Waals surface area contributed by atoms with Crippen LogP contribution in [0.25, 0.3) is 0 Å². The number of aliphatic hydroxyl groups is 1. The molecule has 2 aromatic rings. The fraction of sp³-hybridized carbons (Fsp3) is 0.333. The van der Waals surface area contributed by atoms with Crippen LogP contribution >= 0.6 is 38.9 Å². The molecule has 114 valence electrons. The van der Waals surface area contributed by atoms with Gasteiger partial charge in [-0.2, -0.15) is 0 Å². The third-order valence-electron chi connectivity index (χ3n) is 2.79. The van der Waals surface area contributed by atoms with Crippen molar-refractivity contribution in [1.82, 2.24) is 5.32 Å². The normalized spacial score (nSPS) is 12.5. The number of ether oxygens (including phenoxy) is 1. The Bertz CT molecular complexity index is 547. The summed E-state index contributed by atoms with van der Waals surface area (Å²) in [7, 11) is 0. The Morgan fingerprint density at radius 1 is 1.33 bits per heavy atom. The van der Waals surface area contributed by atoms with E-state index in [9.17, 15) is 5.11 Å². The molecule has 0 fully saturated rings. The summed E-state index contributed by atoms with van der Waals surface area (Å²) >= 11 is 10.9. The van der Waals surface area contributed by atoms with E-state index < -0.39 is 6.10 Å². The molecule has 1 aromatic heterocycles. The first kappa shape index (κ1) is 16.9. The van der Waals surface area contributed by atoms with Crippen molar-refractivity contribution in [3.8, 4) is 0 Å². The second-order valence-electron chi connectivity index (χ2n) is 4.66. The van der Waals surface area contributed by atoms with Gasteiger partial charge in [-0.25, -0.2) is 0 Å². The molecule has 0 bridgehead atoms.